The number of nitrogens with zero attached hydrogens (tertiary/aromatic N) is 1. The molecule has 1 aromatic heterocycles. The zero-order valence-electron chi connectivity index (χ0n) is 10.4. The van der Waals surface area contributed by atoms with Crippen molar-refractivity contribution in [2.45, 2.75) is 11.8 Å². The molecular weight excluding hydrogens is 305 g/mol. The van der Waals surface area contributed by atoms with Crippen LogP contribution in [0.1, 0.15) is 5.56 Å². The molecule has 0 unspecified atom stereocenters. The van der Waals surface area contributed by atoms with E-state index in [9.17, 15) is 12.8 Å². The lowest BCUT2D eigenvalue weighted by Crippen LogP contribution is -2.16. The van der Waals surface area contributed by atoms with Crippen LogP contribution in [-0.2, 0) is 10.0 Å². The second kappa shape index (κ2) is 5.26. The summed E-state index contributed by atoms with van der Waals surface area (Å²) in [7, 11) is -4.13. The van der Waals surface area contributed by atoms with E-state index >= 15 is 0 Å². The fourth-order valence-corrected chi connectivity index (χ4v) is 2.79. The summed E-state index contributed by atoms with van der Waals surface area (Å²) in [5, 5.41) is 0.120. The van der Waals surface area contributed by atoms with Gasteiger partial charge in [-0.3, -0.25) is 4.72 Å². The fraction of sp³-hybridized carbons (Fsp3) is 0.0833. The molecule has 0 fully saturated rings. The number of nitrogen functional groups attached to an aromatic ring is 1. The molecule has 0 radical (unpaired) electrons. The van der Waals surface area contributed by atoms with Gasteiger partial charge in [-0.1, -0.05) is 17.7 Å². The molecule has 106 valence electrons. The number of benzene rings is 1. The van der Waals surface area contributed by atoms with Crippen molar-refractivity contribution in [3.63, 3.8) is 0 Å². The number of anilines is 2. The van der Waals surface area contributed by atoms with Crippen LogP contribution in [0.15, 0.2) is 35.2 Å². The summed E-state index contributed by atoms with van der Waals surface area (Å²) < 4.78 is 40.1. The third-order valence-electron chi connectivity index (χ3n) is 2.56. The van der Waals surface area contributed by atoms with E-state index in [4.69, 9.17) is 17.3 Å². The molecule has 0 aliphatic rings. The van der Waals surface area contributed by atoms with Crippen molar-refractivity contribution in [3.05, 3.63) is 46.9 Å². The number of halogens is 2. The van der Waals surface area contributed by atoms with E-state index in [2.05, 4.69) is 9.71 Å². The number of aryl methyl sites for hydroxylation is 1. The first-order valence-corrected chi connectivity index (χ1v) is 7.37. The number of nitrogens with one attached hydrogen (secondary N) is 1. The van der Waals surface area contributed by atoms with Gasteiger partial charge in [0.25, 0.3) is 10.0 Å². The minimum Gasteiger partial charge on any atom is -0.398 e. The summed E-state index contributed by atoms with van der Waals surface area (Å²) in [6, 6.07) is 6.54. The number of pyridine rings is 1. The molecular formula is C12H11ClFN3O2S. The number of aromatic nitrogens is 1. The lowest BCUT2D eigenvalue weighted by Gasteiger charge is -2.10. The molecule has 0 saturated carbocycles. The second-order valence-corrected chi connectivity index (χ2v) is 6.13. The molecule has 5 nitrogen and oxygen atoms in total. The topological polar surface area (TPSA) is 85.1 Å². The van der Waals surface area contributed by atoms with Crippen molar-refractivity contribution in [2.75, 3.05) is 10.5 Å². The highest BCUT2D eigenvalue weighted by molar-refractivity contribution is 7.92. The van der Waals surface area contributed by atoms with Crippen LogP contribution in [0.4, 0.5) is 15.9 Å². The minimum atomic E-state index is -4.13. The summed E-state index contributed by atoms with van der Waals surface area (Å²) in [5.41, 5.74) is 6.25. The highest BCUT2D eigenvalue weighted by atomic mass is 35.5. The Morgan fingerprint density at radius 1 is 1.35 bits per heavy atom. The van der Waals surface area contributed by atoms with Gasteiger partial charge in [-0.15, -0.1) is 0 Å². The SMILES string of the molecule is Cc1cc(F)c(S(=O)(=O)Nc2cccc(Cl)n2)cc1N. The van der Waals surface area contributed by atoms with Crippen LogP contribution in [-0.4, -0.2) is 13.4 Å². The summed E-state index contributed by atoms with van der Waals surface area (Å²) in [5.74, 6) is -0.887. The van der Waals surface area contributed by atoms with Crippen LogP contribution >= 0.6 is 11.6 Å². The van der Waals surface area contributed by atoms with Gasteiger partial charge in [-0.05, 0) is 36.8 Å². The lowest BCUT2D eigenvalue weighted by molar-refractivity contribution is 0.570. The number of sulfonamides is 1. The molecule has 2 aromatic rings. The Morgan fingerprint density at radius 2 is 2.05 bits per heavy atom. The summed E-state index contributed by atoms with van der Waals surface area (Å²) in [4.78, 5) is 3.24. The molecule has 3 N–H and O–H groups in total. The molecule has 1 heterocycles. The third-order valence-corrected chi connectivity index (χ3v) is 4.14. The molecule has 0 aliphatic heterocycles. The van der Waals surface area contributed by atoms with Crippen molar-refractivity contribution in [1.29, 1.82) is 0 Å². The molecule has 20 heavy (non-hydrogen) atoms. The number of hydrogen-bond acceptors (Lipinski definition) is 4. The van der Waals surface area contributed by atoms with E-state index in [0.717, 1.165) is 12.1 Å². The Kier molecular flexibility index (Phi) is 3.82. The van der Waals surface area contributed by atoms with E-state index in [1.165, 1.54) is 18.2 Å². The van der Waals surface area contributed by atoms with Gasteiger partial charge < -0.3 is 5.73 Å². The summed E-state index contributed by atoms with van der Waals surface area (Å²) in [6.45, 7) is 1.58. The summed E-state index contributed by atoms with van der Waals surface area (Å²) >= 11 is 5.66. The zero-order chi connectivity index (χ0) is 14.9. The van der Waals surface area contributed by atoms with Gasteiger partial charge in [0, 0.05) is 5.69 Å². The number of rotatable bonds is 3. The average Bonchev–Trinajstić information content (AvgIpc) is 2.33. The Bertz CT molecular complexity index is 765. The van der Waals surface area contributed by atoms with E-state index < -0.39 is 20.7 Å². The highest BCUT2D eigenvalue weighted by Crippen LogP contribution is 2.23. The van der Waals surface area contributed by atoms with Crippen molar-refractivity contribution in [3.8, 4) is 0 Å². The first-order valence-electron chi connectivity index (χ1n) is 5.50. The van der Waals surface area contributed by atoms with Crippen LogP contribution in [0, 0.1) is 12.7 Å². The Morgan fingerprint density at radius 3 is 2.70 bits per heavy atom. The molecule has 0 spiro atoms. The Labute approximate surface area is 120 Å². The zero-order valence-corrected chi connectivity index (χ0v) is 12.0. The maximum absolute atomic E-state index is 13.8. The molecule has 1 aromatic carbocycles. The normalized spacial score (nSPS) is 11.3. The Balaban J connectivity index is 2.43. The van der Waals surface area contributed by atoms with E-state index in [1.807, 2.05) is 0 Å². The largest absolute Gasteiger partial charge is 0.398 e. The molecule has 0 atom stereocenters. The monoisotopic (exact) mass is 315 g/mol. The number of hydrogen-bond donors (Lipinski definition) is 2. The van der Waals surface area contributed by atoms with Gasteiger partial charge in [-0.25, -0.2) is 17.8 Å². The van der Waals surface area contributed by atoms with Gasteiger partial charge in [0.05, 0.1) is 0 Å². The van der Waals surface area contributed by atoms with Gasteiger partial charge in [0.1, 0.15) is 21.7 Å². The van der Waals surface area contributed by atoms with E-state index in [0.29, 0.717) is 5.56 Å². The van der Waals surface area contributed by atoms with Crippen molar-refractivity contribution in [1.82, 2.24) is 4.98 Å². The van der Waals surface area contributed by atoms with E-state index in [-0.39, 0.29) is 16.7 Å². The minimum absolute atomic E-state index is 0.00366. The van der Waals surface area contributed by atoms with Crippen LogP contribution in [0.5, 0.6) is 0 Å². The predicted molar refractivity (Wildman–Crippen MR) is 75.6 cm³/mol. The predicted octanol–water partition coefficient (Wildman–Crippen LogP) is 2.57. The van der Waals surface area contributed by atoms with E-state index in [1.54, 1.807) is 6.92 Å². The first-order chi connectivity index (χ1) is 9.29. The third kappa shape index (κ3) is 3.00. The average molecular weight is 316 g/mol. The first kappa shape index (κ1) is 14.5. The smallest absolute Gasteiger partial charge is 0.266 e. The quantitative estimate of drug-likeness (QED) is 0.673. The van der Waals surface area contributed by atoms with Crippen LogP contribution in [0.3, 0.4) is 0 Å². The van der Waals surface area contributed by atoms with Crippen LogP contribution in [0.2, 0.25) is 5.15 Å². The van der Waals surface area contributed by atoms with Gasteiger partial charge in [0.2, 0.25) is 0 Å². The molecule has 0 saturated heterocycles. The van der Waals surface area contributed by atoms with Gasteiger partial charge >= 0.3 is 0 Å². The molecule has 0 bridgehead atoms. The van der Waals surface area contributed by atoms with Crippen LogP contribution < -0.4 is 10.5 Å². The highest BCUT2D eigenvalue weighted by Gasteiger charge is 2.21. The fourth-order valence-electron chi connectivity index (χ4n) is 1.53. The maximum Gasteiger partial charge on any atom is 0.266 e. The maximum atomic E-state index is 13.8. The second-order valence-electron chi connectivity index (χ2n) is 4.09. The Hall–Kier alpha value is -1.86. The number of nitrogens with two attached hydrogens (primary N) is 1. The van der Waals surface area contributed by atoms with Gasteiger partial charge in [0.15, 0.2) is 0 Å². The molecule has 8 heteroatoms. The molecule has 0 aliphatic carbocycles. The van der Waals surface area contributed by atoms with Crippen LogP contribution in [0.25, 0.3) is 0 Å². The van der Waals surface area contributed by atoms with Crippen molar-refractivity contribution < 1.29 is 12.8 Å². The summed E-state index contributed by atoms with van der Waals surface area (Å²) in [6.07, 6.45) is 0. The van der Waals surface area contributed by atoms with Crippen molar-refractivity contribution in [2.24, 2.45) is 0 Å². The standard InChI is InChI=1S/C12H11ClFN3O2S/c1-7-5-8(14)10(6-9(7)15)20(18,19)17-12-4-2-3-11(13)16-12/h2-6H,15H2,1H3,(H,16,17). The molecule has 0 amide bonds. The lowest BCUT2D eigenvalue weighted by atomic mass is 10.2. The van der Waals surface area contributed by atoms with Crippen molar-refractivity contribution >= 4 is 33.1 Å². The van der Waals surface area contributed by atoms with Gasteiger partial charge in [-0.2, -0.15) is 0 Å². The molecule has 2 rings (SSSR count).